The first-order valence-electron chi connectivity index (χ1n) is 10.3. The number of anilines is 1. The van der Waals surface area contributed by atoms with Crippen molar-refractivity contribution in [2.75, 3.05) is 44.3 Å². The van der Waals surface area contributed by atoms with Crippen molar-refractivity contribution < 1.29 is 19.1 Å². The van der Waals surface area contributed by atoms with Gasteiger partial charge >= 0.3 is 11.9 Å². The van der Waals surface area contributed by atoms with Gasteiger partial charge in [0.15, 0.2) is 0 Å². The highest BCUT2D eigenvalue weighted by Crippen LogP contribution is 2.23. The molecule has 0 amide bonds. The van der Waals surface area contributed by atoms with Crippen molar-refractivity contribution in [2.45, 2.75) is 39.5 Å². The largest absolute Gasteiger partial charge is 0.466 e. The first kappa shape index (κ1) is 23.3. The Balaban J connectivity index is 0.000000234. The SMILES string of the molecule is CCOC(=O)[C@H]1CCCN(c2ccnc(Cl)n2)C1.CCOC(=O)[C@H]1CCCNC1. The summed E-state index contributed by atoms with van der Waals surface area (Å²) >= 11 is 5.77. The van der Waals surface area contributed by atoms with Crippen molar-refractivity contribution in [2.24, 2.45) is 11.8 Å². The fourth-order valence-corrected chi connectivity index (χ4v) is 3.60. The van der Waals surface area contributed by atoms with E-state index in [-0.39, 0.29) is 29.1 Å². The molecular weight excluding hydrogens is 396 g/mol. The summed E-state index contributed by atoms with van der Waals surface area (Å²) in [6, 6.07) is 1.80. The highest BCUT2D eigenvalue weighted by Gasteiger charge is 2.27. The van der Waals surface area contributed by atoms with Crippen LogP contribution in [0, 0.1) is 11.8 Å². The van der Waals surface area contributed by atoms with Crippen LogP contribution in [0.4, 0.5) is 5.82 Å². The third-order valence-electron chi connectivity index (χ3n) is 4.89. The lowest BCUT2D eigenvalue weighted by molar-refractivity contribution is -0.149. The van der Waals surface area contributed by atoms with Crippen molar-refractivity contribution in [3.8, 4) is 0 Å². The standard InChI is InChI=1S/C12H16ClN3O2.C8H15NO2/c1-2-18-11(17)9-4-3-7-16(8-9)10-5-6-14-12(13)15-10;1-2-11-8(10)7-4-3-5-9-6-7/h5-6,9H,2-4,7-8H2,1H3;7,9H,2-6H2,1H3/t9-;7-/m00/s1. The summed E-state index contributed by atoms with van der Waals surface area (Å²) in [7, 11) is 0. The van der Waals surface area contributed by atoms with Gasteiger partial charge in [0.1, 0.15) is 5.82 Å². The van der Waals surface area contributed by atoms with Crippen molar-refractivity contribution >= 4 is 29.4 Å². The zero-order chi connectivity index (χ0) is 21.1. The summed E-state index contributed by atoms with van der Waals surface area (Å²) in [5.41, 5.74) is 0. The quantitative estimate of drug-likeness (QED) is 0.566. The van der Waals surface area contributed by atoms with Crippen LogP contribution in [0.3, 0.4) is 0 Å². The van der Waals surface area contributed by atoms with Gasteiger partial charge in [-0.2, -0.15) is 0 Å². The average molecular weight is 427 g/mol. The minimum atomic E-state index is -0.123. The maximum atomic E-state index is 11.7. The van der Waals surface area contributed by atoms with Gasteiger partial charge in [-0.3, -0.25) is 9.59 Å². The second-order valence-corrected chi connectivity index (χ2v) is 7.35. The lowest BCUT2D eigenvalue weighted by Crippen LogP contribution is -2.39. The van der Waals surface area contributed by atoms with Crippen LogP contribution in [-0.4, -0.2) is 61.3 Å². The maximum absolute atomic E-state index is 11.7. The monoisotopic (exact) mass is 426 g/mol. The third-order valence-corrected chi connectivity index (χ3v) is 5.08. The van der Waals surface area contributed by atoms with Gasteiger partial charge in [0.25, 0.3) is 0 Å². The van der Waals surface area contributed by atoms with Crippen molar-refractivity contribution in [1.82, 2.24) is 15.3 Å². The second kappa shape index (κ2) is 12.6. The number of nitrogens with zero attached hydrogens (tertiary/aromatic N) is 3. The number of nitrogens with one attached hydrogen (secondary N) is 1. The average Bonchev–Trinajstić information content (AvgIpc) is 2.75. The van der Waals surface area contributed by atoms with E-state index in [1.807, 2.05) is 13.8 Å². The summed E-state index contributed by atoms with van der Waals surface area (Å²) < 4.78 is 9.97. The molecule has 1 aromatic rings. The molecule has 2 aliphatic rings. The zero-order valence-electron chi connectivity index (χ0n) is 17.2. The molecule has 0 aliphatic carbocycles. The molecule has 1 aromatic heterocycles. The Morgan fingerprint density at radius 3 is 2.48 bits per heavy atom. The number of hydrogen-bond acceptors (Lipinski definition) is 8. The summed E-state index contributed by atoms with van der Waals surface area (Å²) in [6.45, 7) is 7.92. The molecule has 2 aliphatic heterocycles. The molecule has 2 saturated heterocycles. The van der Waals surface area contributed by atoms with Crippen molar-refractivity contribution in [3.05, 3.63) is 17.5 Å². The molecule has 0 bridgehead atoms. The van der Waals surface area contributed by atoms with Crippen LogP contribution in [0.1, 0.15) is 39.5 Å². The second-order valence-electron chi connectivity index (χ2n) is 7.02. The molecule has 1 N–H and O–H groups in total. The van der Waals surface area contributed by atoms with Gasteiger partial charge in [-0.25, -0.2) is 9.97 Å². The molecule has 29 heavy (non-hydrogen) atoms. The van der Waals surface area contributed by atoms with E-state index in [1.165, 1.54) is 0 Å². The first-order valence-corrected chi connectivity index (χ1v) is 10.7. The van der Waals surface area contributed by atoms with E-state index in [4.69, 9.17) is 21.1 Å². The van der Waals surface area contributed by atoms with Crippen LogP contribution < -0.4 is 10.2 Å². The highest BCUT2D eigenvalue weighted by atomic mass is 35.5. The molecule has 0 spiro atoms. The van der Waals surface area contributed by atoms with E-state index < -0.39 is 0 Å². The molecule has 3 heterocycles. The van der Waals surface area contributed by atoms with Crippen molar-refractivity contribution in [3.63, 3.8) is 0 Å². The van der Waals surface area contributed by atoms with Gasteiger partial charge in [-0.1, -0.05) is 0 Å². The normalized spacial score (nSPS) is 21.6. The lowest BCUT2D eigenvalue weighted by Gasteiger charge is -2.32. The molecule has 0 radical (unpaired) electrons. The fraction of sp³-hybridized carbons (Fsp3) is 0.700. The Kier molecular flexibility index (Phi) is 10.1. The van der Waals surface area contributed by atoms with Gasteiger partial charge in [0.2, 0.25) is 5.28 Å². The molecular formula is C20H31ClN4O4. The van der Waals surface area contributed by atoms with Gasteiger partial charge in [-0.15, -0.1) is 0 Å². The Hall–Kier alpha value is -1.93. The molecule has 2 atom stereocenters. The third kappa shape index (κ3) is 7.78. The summed E-state index contributed by atoms with van der Waals surface area (Å²) in [6.07, 6.45) is 5.51. The smallest absolute Gasteiger partial charge is 0.310 e. The van der Waals surface area contributed by atoms with E-state index in [9.17, 15) is 9.59 Å². The van der Waals surface area contributed by atoms with Gasteiger partial charge in [-0.05, 0) is 63.7 Å². The molecule has 9 heteroatoms. The number of piperidine rings is 2. The Morgan fingerprint density at radius 1 is 1.17 bits per heavy atom. The zero-order valence-corrected chi connectivity index (χ0v) is 18.0. The summed E-state index contributed by atoms with van der Waals surface area (Å²) in [5.74, 6) is 0.627. The summed E-state index contributed by atoms with van der Waals surface area (Å²) in [4.78, 5) is 32.9. The van der Waals surface area contributed by atoms with E-state index in [1.54, 1.807) is 12.3 Å². The van der Waals surface area contributed by atoms with Gasteiger partial charge in [0.05, 0.1) is 25.0 Å². The topological polar surface area (TPSA) is 93.7 Å². The molecule has 2 fully saturated rings. The van der Waals surface area contributed by atoms with Gasteiger partial charge < -0.3 is 19.7 Å². The molecule has 8 nitrogen and oxygen atoms in total. The van der Waals surface area contributed by atoms with E-state index >= 15 is 0 Å². The number of esters is 2. The van der Waals surface area contributed by atoms with Crippen LogP contribution >= 0.6 is 11.6 Å². The van der Waals surface area contributed by atoms with Crippen LogP contribution in [0.2, 0.25) is 5.28 Å². The van der Waals surface area contributed by atoms with E-state index in [2.05, 4.69) is 20.2 Å². The van der Waals surface area contributed by atoms with Crippen LogP contribution in [-0.2, 0) is 19.1 Å². The Labute approximate surface area is 177 Å². The number of carbonyl (C=O) groups is 2. The number of halogens is 1. The molecule has 162 valence electrons. The number of rotatable bonds is 5. The Bertz CT molecular complexity index is 655. The Morgan fingerprint density at radius 2 is 1.86 bits per heavy atom. The van der Waals surface area contributed by atoms with Gasteiger partial charge in [0, 0.05) is 25.8 Å². The maximum Gasteiger partial charge on any atom is 0.310 e. The minimum absolute atomic E-state index is 0.0419. The number of hydrogen-bond donors (Lipinski definition) is 1. The first-order chi connectivity index (χ1) is 14.0. The van der Waals surface area contributed by atoms with Crippen LogP contribution in [0.5, 0.6) is 0 Å². The molecule has 3 rings (SSSR count). The predicted octanol–water partition coefficient (Wildman–Crippen LogP) is 2.46. The van der Waals surface area contributed by atoms with E-state index in [0.717, 1.165) is 51.1 Å². The number of carbonyl (C=O) groups excluding carboxylic acids is 2. The highest BCUT2D eigenvalue weighted by molar-refractivity contribution is 6.28. The number of aromatic nitrogens is 2. The lowest BCUT2D eigenvalue weighted by atomic mass is 9.98. The van der Waals surface area contributed by atoms with Crippen LogP contribution in [0.25, 0.3) is 0 Å². The summed E-state index contributed by atoms with van der Waals surface area (Å²) in [5, 5.41) is 3.40. The molecule has 0 unspecified atom stereocenters. The number of ether oxygens (including phenoxy) is 2. The fourth-order valence-electron chi connectivity index (χ4n) is 3.45. The molecule has 0 aromatic carbocycles. The van der Waals surface area contributed by atoms with Crippen molar-refractivity contribution in [1.29, 1.82) is 0 Å². The predicted molar refractivity (Wildman–Crippen MR) is 111 cm³/mol. The van der Waals surface area contributed by atoms with E-state index in [0.29, 0.717) is 19.8 Å². The minimum Gasteiger partial charge on any atom is -0.466 e. The molecule has 0 saturated carbocycles. The van der Waals surface area contributed by atoms with Crippen LogP contribution in [0.15, 0.2) is 12.3 Å².